The maximum atomic E-state index is 5.71. The predicted octanol–water partition coefficient (Wildman–Crippen LogP) is 3.20. The third kappa shape index (κ3) is 2.96. The summed E-state index contributed by atoms with van der Waals surface area (Å²) in [6, 6.07) is 8.32. The number of aromatic nitrogens is 1. The molecule has 2 unspecified atom stereocenters. The Balaban J connectivity index is 1.54. The van der Waals surface area contributed by atoms with Crippen molar-refractivity contribution in [3.63, 3.8) is 0 Å². The van der Waals surface area contributed by atoms with Gasteiger partial charge < -0.3 is 10.1 Å². The van der Waals surface area contributed by atoms with Crippen molar-refractivity contribution in [2.45, 2.75) is 32.4 Å². The van der Waals surface area contributed by atoms with Crippen molar-refractivity contribution in [1.82, 2.24) is 10.3 Å². The van der Waals surface area contributed by atoms with E-state index in [1.807, 2.05) is 6.07 Å². The van der Waals surface area contributed by atoms with Crippen molar-refractivity contribution >= 4 is 21.6 Å². The molecule has 0 amide bonds. The van der Waals surface area contributed by atoms with Gasteiger partial charge in [0.15, 0.2) is 0 Å². The number of benzene rings is 1. The number of nitrogens with zero attached hydrogens (tertiary/aromatic N) is 1. The molecule has 19 heavy (non-hydrogen) atoms. The molecule has 0 aliphatic carbocycles. The second-order valence-electron chi connectivity index (χ2n) is 5.07. The Kier molecular flexibility index (Phi) is 4.11. The van der Waals surface area contributed by atoms with Gasteiger partial charge in [-0.25, -0.2) is 4.98 Å². The summed E-state index contributed by atoms with van der Waals surface area (Å²) < 4.78 is 6.99. The van der Waals surface area contributed by atoms with Crippen LogP contribution in [-0.2, 0) is 11.3 Å². The molecule has 3 rings (SSSR count). The highest BCUT2D eigenvalue weighted by atomic mass is 32.1. The molecular formula is C15H20N2OS. The lowest BCUT2D eigenvalue weighted by molar-refractivity contribution is 0.0872. The Morgan fingerprint density at radius 1 is 1.42 bits per heavy atom. The predicted molar refractivity (Wildman–Crippen MR) is 79.5 cm³/mol. The first kappa shape index (κ1) is 13.0. The summed E-state index contributed by atoms with van der Waals surface area (Å²) in [6.45, 7) is 5.03. The Morgan fingerprint density at radius 2 is 2.32 bits per heavy atom. The second kappa shape index (κ2) is 5.99. The third-order valence-electron chi connectivity index (χ3n) is 3.77. The zero-order chi connectivity index (χ0) is 13.1. The molecule has 1 N–H and O–H groups in total. The first-order valence-electron chi connectivity index (χ1n) is 7.03. The first-order valence-corrected chi connectivity index (χ1v) is 7.85. The molecule has 0 spiro atoms. The number of nitrogens with one attached hydrogen (secondary N) is 1. The minimum absolute atomic E-state index is 0.447. The van der Waals surface area contributed by atoms with Crippen LogP contribution in [0.2, 0.25) is 0 Å². The molecule has 0 saturated carbocycles. The third-order valence-corrected chi connectivity index (χ3v) is 4.81. The number of hydrogen-bond acceptors (Lipinski definition) is 4. The number of ether oxygens (including phenoxy) is 1. The van der Waals surface area contributed by atoms with Crippen LogP contribution >= 0.6 is 11.3 Å². The number of thiazole rings is 1. The molecule has 1 aliphatic heterocycles. The van der Waals surface area contributed by atoms with Gasteiger partial charge in [0.25, 0.3) is 0 Å². The molecule has 1 aliphatic rings. The maximum absolute atomic E-state index is 5.71. The lowest BCUT2D eigenvalue weighted by Gasteiger charge is -2.16. The largest absolute Gasteiger partial charge is 0.378 e. The summed E-state index contributed by atoms with van der Waals surface area (Å²) in [5.41, 5.74) is 1.11. The van der Waals surface area contributed by atoms with Crippen molar-refractivity contribution < 1.29 is 4.74 Å². The molecule has 2 heterocycles. The van der Waals surface area contributed by atoms with Gasteiger partial charge in [-0.1, -0.05) is 19.1 Å². The van der Waals surface area contributed by atoms with Gasteiger partial charge >= 0.3 is 0 Å². The van der Waals surface area contributed by atoms with Crippen LogP contribution in [0, 0.1) is 5.92 Å². The SMILES string of the molecule is CCC1OCCC1CNCc1nc2ccccc2s1. The fraction of sp³-hybridized carbons (Fsp3) is 0.533. The maximum Gasteiger partial charge on any atom is 0.108 e. The Morgan fingerprint density at radius 3 is 3.16 bits per heavy atom. The highest BCUT2D eigenvalue weighted by molar-refractivity contribution is 7.18. The minimum Gasteiger partial charge on any atom is -0.378 e. The van der Waals surface area contributed by atoms with Gasteiger partial charge in [-0.15, -0.1) is 11.3 Å². The molecule has 0 bridgehead atoms. The molecular weight excluding hydrogens is 256 g/mol. The van der Waals surface area contributed by atoms with Crippen LogP contribution in [0.1, 0.15) is 24.8 Å². The second-order valence-corrected chi connectivity index (χ2v) is 6.19. The van der Waals surface area contributed by atoms with Gasteiger partial charge in [-0.2, -0.15) is 0 Å². The van der Waals surface area contributed by atoms with E-state index in [0.717, 1.165) is 31.6 Å². The van der Waals surface area contributed by atoms with Crippen LogP contribution in [0.4, 0.5) is 0 Å². The van der Waals surface area contributed by atoms with Crippen molar-refractivity contribution in [3.8, 4) is 0 Å². The summed E-state index contributed by atoms with van der Waals surface area (Å²) >= 11 is 1.78. The smallest absolute Gasteiger partial charge is 0.108 e. The Labute approximate surface area is 118 Å². The lowest BCUT2D eigenvalue weighted by atomic mass is 10.00. The monoisotopic (exact) mass is 276 g/mol. The average Bonchev–Trinajstić information content (AvgIpc) is 3.04. The average molecular weight is 276 g/mol. The molecule has 102 valence electrons. The highest BCUT2D eigenvalue weighted by Gasteiger charge is 2.25. The molecule has 2 atom stereocenters. The number of fused-ring (bicyclic) bond motifs is 1. The quantitative estimate of drug-likeness (QED) is 0.910. The van der Waals surface area contributed by atoms with Gasteiger partial charge in [-0.05, 0) is 30.9 Å². The number of hydrogen-bond donors (Lipinski definition) is 1. The van der Waals surface area contributed by atoms with E-state index in [4.69, 9.17) is 4.74 Å². The van der Waals surface area contributed by atoms with Crippen LogP contribution in [-0.4, -0.2) is 24.2 Å². The Bertz CT molecular complexity index is 507. The molecule has 1 saturated heterocycles. The van der Waals surface area contributed by atoms with Crippen molar-refractivity contribution in [1.29, 1.82) is 0 Å². The zero-order valence-electron chi connectivity index (χ0n) is 11.3. The van der Waals surface area contributed by atoms with Crippen molar-refractivity contribution in [3.05, 3.63) is 29.3 Å². The van der Waals surface area contributed by atoms with E-state index in [0.29, 0.717) is 12.0 Å². The minimum atomic E-state index is 0.447. The van der Waals surface area contributed by atoms with E-state index in [2.05, 4.69) is 35.4 Å². The lowest BCUT2D eigenvalue weighted by Crippen LogP contribution is -2.27. The van der Waals surface area contributed by atoms with Gasteiger partial charge in [0.1, 0.15) is 5.01 Å². The molecule has 4 heteroatoms. The number of rotatable bonds is 5. The summed E-state index contributed by atoms with van der Waals surface area (Å²) in [7, 11) is 0. The molecule has 0 radical (unpaired) electrons. The molecule has 3 nitrogen and oxygen atoms in total. The summed E-state index contributed by atoms with van der Waals surface area (Å²) in [5.74, 6) is 0.666. The molecule has 1 aromatic carbocycles. The van der Waals surface area contributed by atoms with Gasteiger partial charge in [0.2, 0.25) is 0 Å². The molecule has 1 fully saturated rings. The fourth-order valence-corrected chi connectivity index (χ4v) is 3.67. The van der Waals surface area contributed by atoms with Crippen LogP contribution in [0.3, 0.4) is 0 Å². The van der Waals surface area contributed by atoms with Gasteiger partial charge in [-0.3, -0.25) is 0 Å². The van der Waals surface area contributed by atoms with Gasteiger partial charge in [0, 0.05) is 19.7 Å². The van der Waals surface area contributed by atoms with Crippen LogP contribution in [0.15, 0.2) is 24.3 Å². The van der Waals surface area contributed by atoms with E-state index in [9.17, 15) is 0 Å². The summed E-state index contributed by atoms with van der Waals surface area (Å²) in [4.78, 5) is 4.64. The topological polar surface area (TPSA) is 34.1 Å². The number of para-hydroxylation sites is 1. The van der Waals surface area contributed by atoms with E-state index < -0.39 is 0 Å². The van der Waals surface area contributed by atoms with Crippen LogP contribution < -0.4 is 5.32 Å². The van der Waals surface area contributed by atoms with E-state index in [1.165, 1.54) is 16.1 Å². The normalized spacial score (nSPS) is 23.2. The summed E-state index contributed by atoms with van der Waals surface area (Å²) in [5, 5.41) is 4.71. The van der Waals surface area contributed by atoms with Crippen LogP contribution in [0.25, 0.3) is 10.2 Å². The molecule has 2 aromatic rings. The highest BCUT2D eigenvalue weighted by Crippen LogP contribution is 2.24. The van der Waals surface area contributed by atoms with E-state index >= 15 is 0 Å². The fourth-order valence-electron chi connectivity index (χ4n) is 2.74. The standard InChI is InChI=1S/C15H20N2OS/c1-2-13-11(7-8-18-13)9-16-10-15-17-12-5-3-4-6-14(12)19-15/h3-6,11,13,16H,2,7-10H2,1H3. The Hall–Kier alpha value is -0.970. The molecule has 1 aromatic heterocycles. The van der Waals surface area contributed by atoms with E-state index in [1.54, 1.807) is 11.3 Å². The first-order chi connectivity index (χ1) is 9.36. The van der Waals surface area contributed by atoms with E-state index in [-0.39, 0.29) is 0 Å². The zero-order valence-corrected chi connectivity index (χ0v) is 12.1. The van der Waals surface area contributed by atoms with Crippen molar-refractivity contribution in [2.24, 2.45) is 5.92 Å². The van der Waals surface area contributed by atoms with Crippen LogP contribution in [0.5, 0.6) is 0 Å². The van der Waals surface area contributed by atoms with Gasteiger partial charge in [0.05, 0.1) is 16.3 Å². The summed E-state index contributed by atoms with van der Waals surface area (Å²) in [6.07, 6.45) is 2.75. The van der Waals surface area contributed by atoms with Crippen molar-refractivity contribution in [2.75, 3.05) is 13.2 Å².